The first-order chi connectivity index (χ1) is 3.68. The molecule has 2 atom stereocenters. The van der Waals surface area contributed by atoms with E-state index in [1.165, 1.54) is 0 Å². The Morgan fingerprint density at radius 1 is 1.75 bits per heavy atom. The third kappa shape index (κ3) is 2.77. The molecule has 0 fully saturated rings. The maximum absolute atomic E-state index is 8.67. The fraction of sp³-hybridized carbons (Fsp3) is 0.500. The summed E-state index contributed by atoms with van der Waals surface area (Å²) in [5.74, 6) is 0. The van der Waals surface area contributed by atoms with Crippen LogP contribution in [-0.2, 0) is 0 Å². The van der Waals surface area contributed by atoms with E-state index < -0.39 is 6.10 Å². The molecule has 2 heteroatoms. The predicted molar refractivity (Wildman–Crippen MR) is 34.2 cm³/mol. The van der Waals surface area contributed by atoms with Gasteiger partial charge >= 0.3 is 0 Å². The SMILES string of the molecule is [CH2]C(O)C(N)CC=C. The van der Waals surface area contributed by atoms with Gasteiger partial charge in [-0.25, -0.2) is 0 Å². The van der Waals surface area contributed by atoms with Crippen LogP contribution in [0.25, 0.3) is 0 Å². The van der Waals surface area contributed by atoms with Gasteiger partial charge in [0.25, 0.3) is 0 Å². The van der Waals surface area contributed by atoms with Gasteiger partial charge in [0.15, 0.2) is 0 Å². The molecular weight excluding hydrogens is 102 g/mol. The average Bonchev–Trinajstić information content (AvgIpc) is 1.67. The first-order valence-electron chi connectivity index (χ1n) is 2.56. The van der Waals surface area contributed by atoms with Crippen LogP contribution in [0, 0.1) is 6.92 Å². The summed E-state index contributed by atoms with van der Waals surface area (Å²) in [6.45, 7) is 6.80. The first-order valence-corrected chi connectivity index (χ1v) is 2.56. The highest BCUT2D eigenvalue weighted by molar-refractivity contribution is 4.81. The smallest absolute Gasteiger partial charge is 0.0695 e. The van der Waals surface area contributed by atoms with Gasteiger partial charge in [0.1, 0.15) is 0 Å². The lowest BCUT2D eigenvalue weighted by Gasteiger charge is -2.10. The van der Waals surface area contributed by atoms with Crippen LogP contribution in [-0.4, -0.2) is 17.3 Å². The molecule has 2 nitrogen and oxygen atoms in total. The Labute approximate surface area is 50.0 Å². The average molecular weight is 114 g/mol. The number of aliphatic hydroxyl groups excluding tert-OH is 1. The molecule has 1 radical (unpaired) electrons. The molecule has 8 heavy (non-hydrogen) atoms. The Kier molecular flexibility index (Phi) is 3.48. The summed E-state index contributed by atoms with van der Waals surface area (Å²) in [7, 11) is 0. The zero-order chi connectivity index (χ0) is 6.57. The molecule has 0 aromatic heterocycles. The molecule has 0 saturated carbocycles. The third-order valence-electron chi connectivity index (χ3n) is 0.933. The molecule has 0 amide bonds. The second kappa shape index (κ2) is 3.64. The molecule has 3 N–H and O–H groups in total. The molecule has 0 aliphatic carbocycles. The van der Waals surface area contributed by atoms with E-state index in [0.29, 0.717) is 6.42 Å². The maximum Gasteiger partial charge on any atom is 0.0695 e. The molecule has 0 aromatic rings. The Morgan fingerprint density at radius 3 is 2.38 bits per heavy atom. The van der Waals surface area contributed by atoms with Crippen molar-refractivity contribution in [3.05, 3.63) is 19.6 Å². The highest BCUT2D eigenvalue weighted by atomic mass is 16.3. The lowest BCUT2D eigenvalue weighted by Crippen LogP contribution is -2.31. The van der Waals surface area contributed by atoms with Crippen molar-refractivity contribution in [2.75, 3.05) is 0 Å². The van der Waals surface area contributed by atoms with Gasteiger partial charge in [-0.15, -0.1) is 6.58 Å². The number of nitrogens with two attached hydrogens (primary N) is 1. The van der Waals surface area contributed by atoms with E-state index in [1.54, 1.807) is 6.08 Å². The van der Waals surface area contributed by atoms with Crippen LogP contribution in [0.15, 0.2) is 12.7 Å². The minimum atomic E-state index is -0.673. The van der Waals surface area contributed by atoms with Gasteiger partial charge in [0.05, 0.1) is 6.10 Å². The van der Waals surface area contributed by atoms with E-state index in [1.807, 2.05) is 0 Å². The lowest BCUT2D eigenvalue weighted by molar-refractivity contribution is 0.189. The van der Waals surface area contributed by atoms with Crippen LogP contribution in [0.2, 0.25) is 0 Å². The molecule has 0 heterocycles. The van der Waals surface area contributed by atoms with Crippen LogP contribution in [0.1, 0.15) is 6.42 Å². The van der Waals surface area contributed by atoms with Gasteiger partial charge < -0.3 is 10.8 Å². The largest absolute Gasteiger partial charge is 0.392 e. The van der Waals surface area contributed by atoms with Crippen LogP contribution in [0.4, 0.5) is 0 Å². The zero-order valence-corrected chi connectivity index (χ0v) is 4.88. The van der Waals surface area contributed by atoms with Gasteiger partial charge in [-0.05, 0) is 13.3 Å². The Balaban J connectivity index is 3.30. The standard InChI is InChI=1S/C6H12NO/c1-3-4-6(7)5(2)8/h3,5-6,8H,1-2,4,7H2. The summed E-state index contributed by atoms with van der Waals surface area (Å²) < 4.78 is 0. The first kappa shape index (κ1) is 7.66. The van der Waals surface area contributed by atoms with E-state index in [-0.39, 0.29) is 6.04 Å². The molecular formula is C6H12NO. The van der Waals surface area contributed by atoms with Crippen molar-refractivity contribution in [3.63, 3.8) is 0 Å². The molecule has 0 aliphatic heterocycles. The second-order valence-electron chi connectivity index (χ2n) is 1.76. The Hall–Kier alpha value is -0.340. The van der Waals surface area contributed by atoms with Crippen molar-refractivity contribution in [1.82, 2.24) is 0 Å². The minimum absolute atomic E-state index is 0.257. The fourth-order valence-electron chi connectivity index (χ4n) is 0.350. The normalized spacial score (nSPS) is 17.4. The van der Waals surface area contributed by atoms with Crippen LogP contribution < -0.4 is 5.73 Å². The second-order valence-corrected chi connectivity index (χ2v) is 1.76. The van der Waals surface area contributed by atoms with E-state index >= 15 is 0 Å². The quantitative estimate of drug-likeness (QED) is 0.510. The molecule has 0 aromatic carbocycles. The molecule has 0 rings (SSSR count). The van der Waals surface area contributed by atoms with Crippen molar-refractivity contribution >= 4 is 0 Å². The van der Waals surface area contributed by atoms with Crippen LogP contribution >= 0.6 is 0 Å². The zero-order valence-electron chi connectivity index (χ0n) is 4.88. The molecule has 0 saturated heterocycles. The van der Waals surface area contributed by atoms with Crippen molar-refractivity contribution in [3.8, 4) is 0 Å². The molecule has 0 aliphatic rings. The molecule has 2 unspecified atom stereocenters. The summed E-state index contributed by atoms with van der Waals surface area (Å²) in [4.78, 5) is 0. The maximum atomic E-state index is 8.67. The van der Waals surface area contributed by atoms with Crippen LogP contribution in [0.5, 0.6) is 0 Å². The van der Waals surface area contributed by atoms with E-state index in [4.69, 9.17) is 10.8 Å². The highest BCUT2D eigenvalue weighted by Gasteiger charge is 2.04. The van der Waals surface area contributed by atoms with Crippen molar-refractivity contribution < 1.29 is 5.11 Å². The number of hydrogen-bond acceptors (Lipinski definition) is 2. The van der Waals surface area contributed by atoms with Crippen LogP contribution in [0.3, 0.4) is 0 Å². The third-order valence-corrected chi connectivity index (χ3v) is 0.933. The number of rotatable bonds is 3. The molecule has 0 bridgehead atoms. The topological polar surface area (TPSA) is 46.2 Å². The highest BCUT2D eigenvalue weighted by Crippen LogP contribution is 1.93. The summed E-state index contributed by atoms with van der Waals surface area (Å²) >= 11 is 0. The predicted octanol–water partition coefficient (Wildman–Crippen LogP) is 0.0848. The Bertz CT molecular complexity index is 70.9. The van der Waals surface area contributed by atoms with Crippen molar-refractivity contribution in [2.45, 2.75) is 18.6 Å². The van der Waals surface area contributed by atoms with Crippen molar-refractivity contribution in [2.24, 2.45) is 5.73 Å². The fourth-order valence-corrected chi connectivity index (χ4v) is 0.350. The van der Waals surface area contributed by atoms with E-state index in [0.717, 1.165) is 0 Å². The molecule has 47 valence electrons. The monoisotopic (exact) mass is 114 g/mol. The van der Waals surface area contributed by atoms with E-state index in [2.05, 4.69) is 13.5 Å². The van der Waals surface area contributed by atoms with Gasteiger partial charge in [0, 0.05) is 6.04 Å². The summed E-state index contributed by atoms with van der Waals surface area (Å²) in [6, 6.07) is -0.257. The van der Waals surface area contributed by atoms with Gasteiger partial charge in [-0.1, -0.05) is 6.08 Å². The van der Waals surface area contributed by atoms with Gasteiger partial charge in [-0.3, -0.25) is 0 Å². The lowest BCUT2D eigenvalue weighted by atomic mass is 10.1. The van der Waals surface area contributed by atoms with Crippen molar-refractivity contribution in [1.29, 1.82) is 0 Å². The number of hydrogen-bond donors (Lipinski definition) is 2. The number of aliphatic hydroxyl groups is 1. The summed E-state index contributed by atoms with van der Waals surface area (Å²) in [6.07, 6.45) is 1.61. The summed E-state index contributed by atoms with van der Waals surface area (Å²) in [5.41, 5.74) is 5.34. The molecule has 0 spiro atoms. The Morgan fingerprint density at radius 2 is 2.25 bits per heavy atom. The summed E-state index contributed by atoms with van der Waals surface area (Å²) in [5, 5.41) is 8.67. The van der Waals surface area contributed by atoms with Gasteiger partial charge in [0.2, 0.25) is 0 Å². The van der Waals surface area contributed by atoms with E-state index in [9.17, 15) is 0 Å². The minimum Gasteiger partial charge on any atom is -0.392 e. The van der Waals surface area contributed by atoms with Gasteiger partial charge in [-0.2, -0.15) is 0 Å².